The maximum absolute atomic E-state index is 13.2. The summed E-state index contributed by atoms with van der Waals surface area (Å²) in [5.74, 6) is 1.42. The molecule has 8 heteroatoms. The van der Waals surface area contributed by atoms with Crippen LogP contribution in [0.15, 0.2) is 52.4 Å². The van der Waals surface area contributed by atoms with Crippen LogP contribution in [0.2, 0.25) is 0 Å². The summed E-state index contributed by atoms with van der Waals surface area (Å²) in [7, 11) is 0. The predicted molar refractivity (Wildman–Crippen MR) is 133 cm³/mol. The van der Waals surface area contributed by atoms with Gasteiger partial charge in [0.25, 0.3) is 11.5 Å². The number of aromatic nitrogens is 4. The number of carbonyl (C=O) groups excluding carboxylic acids is 1. The van der Waals surface area contributed by atoms with Gasteiger partial charge < -0.3 is 5.32 Å². The molecular weight excluding hydrogens is 434 g/mol. The van der Waals surface area contributed by atoms with Crippen LogP contribution >= 0.6 is 11.8 Å². The third-order valence-corrected chi connectivity index (χ3v) is 6.44. The van der Waals surface area contributed by atoms with E-state index in [9.17, 15) is 9.59 Å². The van der Waals surface area contributed by atoms with Crippen molar-refractivity contribution in [2.75, 3.05) is 6.54 Å². The number of fused-ring (bicyclic) bond motifs is 3. The number of carbonyl (C=O) groups is 1. The fraction of sp³-hybridized carbons (Fsp3) is 0.360. The van der Waals surface area contributed by atoms with Crippen molar-refractivity contribution in [2.45, 2.75) is 51.6 Å². The molecule has 2 aromatic heterocycles. The Morgan fingerprint density at radius 2 is 1.88 bits per heavy atom. The van der Waals surface area contributed by atoms with Gasteiger partial charge in [-0.1, -0.05) is 62.4 Å². The normalized spacial score (nSPS) is 11.5. The van der Waals surface area contributed by atoms with Crippen molar-refractivity contribution < 1.29 is 4.79 Å². The number of hydrogen-bond donors (Lipinski definition) is 1. The lowest BCUT2D eigenvalue weighted by Gasteiger charge is -2.12. The Labute approximate surface area is 197 Å². The highest BCUT2D eigenvalue weighted by Crippen LogP contribution is 2.25. The first-order valence-electron chi connectivity index (χ1n) is 11.3. The Hall–Kier alpha value is -3.13. The molecule has 0 radical (unpaired) electrons. The summed E-state index contributed by atoms with van der Waals surface area (Å²) in [6, 6.07) is 13.6. The Kier molecular flexibility index (Phi) is 6.83. The van der Waals surface area contributed by atoms with E-state index in [4.69, 9.17) is 0 Å². The second kappa shape index (κ2) is 9.79. The first-order valence-corrected chi connectivity index (χ1v) is 12.3. The van der Waals surface area contributed by atoms with Crippen LogP contribution in [0.4, 0.5) is 0 Å². The second-order valence-corrected chi connectivity index (χ2v) is 9.63. The fourth-order valence-electron chi connectivity index (χ4n) is 3.67. The summed E-state index contributed by atoms with van der Waals surface area (Å²) >= 11 is 1.56. The number of rotatable bonds is 8. The quantitative estimate of drug-likeness (QED) is 0.391. The van der Waals surface area contributed by atoms with Crippen LogP contribution in [-0.2, 0) is 12.3 Å². The zero-order valence-corrected chi connectivity index (χ0v) is 20.3. The molecule has 0 aliphatic heterocycles. The molecule has 7 nitrogen and oxygen atoms in total. The number of amides is 1. The predicted octanol–water partition coefficient (Wildman–Crippen LogP) is 4.44. The molecule has 4 aromatic rings. The van der Waals surface area contributed by atoms with Gasteiger partial charge in [-0.05, 0) is 43.0 Å². The Balaban J connectivity index is 1.81. The summed E-state index contributed by atoms with van der Waals surface area (Å²) < 4.78 is 3.58. The van der Waals surface area contributed by atoms with Crippen molar-refractivity contribution in [1.82, 2.24) is 24.5 Å². The van der Waals surface area contributed by atoms with Gasteiger partial charge in [-0.25, -0.2) is 0 Å². The van der Waals surface area contributed by atoms with Gasteiger partial charge in [0.1, 0.15) is 0 Å². The fourth-order valence-corrected chi connectivity index (χ4v) is 4.57. The Bertz CT molecular complexity index is 1360. The van der Waals surface area contributed by atoms with E-state index < -0.39 is 0 Å². The molecule has 33 heavy (non-hydrogen) atoms. The summed E-state index contributed by atoms with van der Waals surface area (Å²) in [5, 5.41) is 13.0. The zero-order chi connectivity index (χ0) is 23.5. The maximum Gasteiger partial charge on any atom is 0.262 e. The van der Waals surface area contributed by atoms with E-state index in [0.29, 0.717) is 46.4 Å². The molecule has 0 bridgehead atoms. The van der Waals surface area contributed by atoms with E-state index in [2.05, 4.69) is 60.6 Å². The van der Waals surface area contributed by atoms with Crippen LogP contribution in [0.5, 0.6) is 0 Å². The number of benzene rings is 2. The molecule has 2 aromatic carbocycles. The van der Waals surface area contributed by atoms with E-state index in [1.54, 1.807) is 34.5 Å². The topological polar surface area (TPSA) is 81.3 Å². The molecular formula is C25H29N5O2S. The van der Waals surface area contributed by atoms with Crippen LogP contribution in [0.25, 0.3) is 16.7 Å². The molecule has 0 unspecified atom stereocenters. The molecule has 0 fully saturated rings. The number of nitrogens with one attached hydrogen (secondary N) is 1. The SMILES string of the molecule is CCCn1c(=O)c2ccc(C(=O)NCC(C)C)cc2n2c(SCc3ccc(C)cc3)nnc12. The Morgan fingerprint density at radius 1 is 1.12 bits per heavy atom. The summed E-state index contributed by atoms with van der Waals surface area (Å²) in [6.45, 7) is 9.34. The maximum atomic E-state index is 13.2. The molecule has 0 atom stereocenters. The highest BCUT2D eigenvalue weighted by Gasteiger charge is 2.18. The van der Waals surface area contributed by atoms with E-state index >= 15 is 0 Å². The number of nitrogens with zero attached hydrogens (tertiary/aromatic N) is 4. The van der Waals surface area contributed by atoms with Crippen molar-refractivity contribution in [3.8, 4) is 0 Å². The van der Waals surface area contributed by atoms with Crippen LogP contribution in [-0.4, -0.2) is 31.6 Å². The largest absolute Gasteiger partial charge is 0.352 e. The first-order chi connectivity index (χ1) is 15.9. The standard InChI is InChI=1S/C25H29N5O2S/c1-5-12-29-23(32)20-11-10-19(22(31)26-14-16(2)3)13-21(20)30-24(29)27-28-25(30)33-15-18-8-6-17(4)7-9-18/h6-11,13,16H,5,12,14-15H2,1-4H3,(H,26,31). The van der Waals surface area contributed by atoms with Crippen LogP contribution in [0, 0.1) is 12.8 Å². The molecule has 4 rings (SSSR count). The molecule has 2 heterocycles. The van der Waals surface area contributed by atoms with Crippen molar-refractivity contribution in [3.63, 3.8) is 0 Å². The lowest BCUT2D eigenvalue weighted by atomic mass is 10.1. The highest BCUT2D eigenvalue weighted by atomic mass is 32.2. The lowest BCUT2D eigenvalue weighted by molar-refractivity contribution is 0.0949. The van der Waals surface area contributed by atoms with E-state index in [-0.39, 0.29) is 11.5 Å². The minimum Gasteiger partial charge on any atom is -0.352 e. The highest BCUT2D eigenvalue weighted by molar-refractivity contribution is 7.98. The van der Waals surface area contributed by atoms with Crippen molar-refractivity contribution in [3.05, 3.63) is 69.5 Å². The van der Waals surface area contributed by atoms with Crippen molar-refractivity contribution >= 4 is 34.3 Å². The minimum atomic E-state index is -0.154. The molecule has 0 aliphatic rings. The lowest BCUT2D eigenvalue weighted by Crippen LogP contribution is -2.28. The number of aryl methyl sites for hydroxylation is 2. The molecule has 0 saturated carbocycles. The van der Waals surface area contributed by atoms with E-state index in [0.717, 1.165) is 12.2 Å². The average Bonchev–Trinajstić information content (AvgIpc) is 3.23. The van der Waals surface area contributed by atoms with Crippen LogP contribution in [0.3, 0.4) is 0 Å². The summed E-state index contributed by atoms with van der Waals surface area (Å²) in [6.07, 6.45) is 0.801. The van der Waals surface area contributed by atoms with Gasteiger partial charge in [0.15, 0.2) is 5.16 Å². The van der Waals surface area contributed by atoms with Gasteiger partial charge in [0.2, 0.25) is 5.78 Å². The molecule has 0 spiro atoms. The first kappa shape index (κ1) is 23.0. The summed E-state index contributed by atoms with van der Waals surface area (Å²) in [4.78, 5) is 25.9. The van der Waals surface area contributed by atoms with Gasteiger partial charge in [0, 0.05) is 24.4 Å². The molecule has 0 saturated heterocycles. The van der Waals surface area contributed by atoms with E-state index in [1.807, 2.05) is 11.3 Å². The van der Waals surface area contributed by atoms with Crippen molar-refractivity contribution in [2.24, 2.45) is 5.92 Å². The molecule has 1 N–H and O–H groups in total. The van der Waals surface area contributed by atoms with Gasteiger partial charge >= 0.3 is 0 Å². The third kappa shape index (κ3) is 4.80. The minimum absolute atomic E-state index is 0.115. The average molecular weight is 464 g/mol. The monoisotopic (exact) mass is 463 g/mol. The zero-order valence-electron chi connectivity index (χ0n) is 19.5. The van der Waals surface area contributed by atoms with Gasteiger partial charge in [-0.15, -0.1) is 10.2 Å². The van der Waals surface area contributed by atoms with E-state index in [1.165, 1.54) is 11.1 Å². The smallest absolute Gasteiger partial charge is 0.262 e. The van der Waals surface area contributed by atoms with Crippen LogP contribution in [0.1, 0.15) is 48.7 Å². The second-order valence-electron chi connectivity index (χ2n) is 8.68. The van der Waals surface area contributed by atoms with Crippen molar-refractivity contribution in [1.29, 1.82) is 0 Å². The Morgan fingerprint density at radius 3 is 2.58 bits per heavy atom. The van der Waals surface area contributed by atoms with Gasteiger partial charge in [-0.2, -0.15) is 0 Å². The number of hydrogen-bond acceptors (Lipinski definition) is 5. The van der Waals surface area contributed by atoms with Gasteiger partial charge in [0.05, 0.1) is 10.9 Å². The number of thioether (sulfide) groups is 1. The third-order valence-electron chi connectivity index (χ3n) is 5.44. The molecule has 172 valence electrons. The summed E-state index contributed by atoms with van der Waals surface area (Å²) in [5.41, 5.74) is 3.45. The molecule has 1 amide bonds. The van der Waals surface area contributed by atoms with Crippen LogP contribution < -0.4 is 10.9 Å². The molecule has 0 aliphatic carbocycles. The van der Waals surface area contributed by atoms with Gasteiger partial charge in [-0.3, -0.25) is 18.6 Å².